The van der Waals surface area contributed by atoms with Crippen molar-refractivity contribution in [1.82, 2.24) is 0 Å². The lowest BCUT2D eigenvalue weighted by Crippen LogP contribution is -2.11. The van der Waals surface area contributed by atoms with Gasteiger partial charge in [-0.15, -0.1) is 11.3 Å². The van der Waals surface area contributed by atoms with Gasteiger partial charge in [-0.05, 0) is 54.1 Å². The minimum Gasteiger partial charge on any atom is -0.326 e. The Morgan fingerprint density at radius 3 is 2.32 bits per heavy atom. The monoisotopic (exact) mass is 296 g/mol. The highest BCUT2D eigenvalue weighted by Crippen LogP contribution is 2.23. The number of nitrogens with two attached hydrogens (primary N) is 1. The van der Waals surface area contributed by atoms with Crippen molar-refractivity contribution in [1.29, 1.82) is 0 Å². The van der Waals surface area contributed by atoms with E-state index < -0.39 is 10.0 Å². The first-order valence-corrected chi connectivity index (χ1v) is 8.15. The molecule has 0 atom stereocenters. The van der Waals surface area contributed by atoms with E-state index in [1.807, 2.05) is 32.0 Å². The number of aryl methyl sites for hydroxylation is 2. The van der Waals surface area contributed by atoms with Crippen molar-refractivity contribution in [3.8, 4) is 0 Å². The van der Waals surface area contributed by atoms with Gasteiger partial charge >= 0.3 is 0 Å². The predicted octanol–water partition coefficient (Wildman–Crippen LogP) is 2.62. The SMILES string of the molecule is Cc1cc(C)cc(NS(=O)(=O)c2cc(CN)cs2)c1. The summed E-state index contributed by atoms with van der Waals surface area (Å²) >= 11 is 1.18. The fourth-order valence-corrected chi connectivity index (χ4v) is 4.10. The molecule has 19 heavy (non-hydrogen) atoms. The van der Waals surface area contributed by atoms with Gasteiger partial charge in [0.15, 0.2) is 0 Å². The molecule has 0 unspecified atom stereocenters. The quantitative estimate of drug-likeness (QED) is 0.911. The second-order valence-corrected chi connectivity index (χ2v) is 7.28. The molecule has 1 aromatic heterocycles. The van der Waals surface area contributed by atoms with E-state index in [0.717, 1.165) is 16.7 Å². The topological polar surface area (TPSA) is 72.2 Å². The summed E-state index contributed by atoms with van der Waals surface area (Å²) in [6.45, 7) is 4.21. The van der Waals surface area contributed by atoms with Crippen molar-refractivity contribution in [2.45, 2.75) is 24.6 Å². The van der Waals surface area contributed by atoms with E-state index in [1.165, 1.54) is 11.3 Å². The fraction of sp³-hybridized carbons (Fsp3) is 0.231. The van der Waals surface area contributed by atoms with Crippen molar-refractivity contribution in [2.24, 2.45) is 5.73 Å². The molecule has 2 rings (SSSR count). The van der Waals surface area contributed by atoms with Crippen LogP contribution in [0.25, 0.3) is 0 Å². The summed E-state index contributed by atoms with van der Waals surface area (Å²) < 4.78 is 27.3. The predicted molar refractivity (Wildman–Crippen MR) is 78.9 cm³/mol. The van der Waals surface area contributed by atoms with E-state index in [4.69, 9.17) is 5.73 Å². The maximum atomic E-state index is 12.2. The second kappa shape index (κ2) is 5.32. The molecular formula is C13H16N2O2S2. The molecule has 0 bridgehead atoms. The highest BCUT2D eigenvalue weighted by atomic mass is 32.2. The van der Waals surface area contributed by atoms with Crippen LogP contribution in [0.3, 0.4) is 0 Å². The third kappa shape index (κ3) is 3.34. The van der Waals surface area contributed by atoms with E-state index in [1.54, 1.807) is 11.4 Å². The van der Waals surface area contributed by atoms with E-state index in [9.17, 15) is 8.42 Å². The van der Waals surface area contributed by atoms with Gasteiger partial charge in [-0.1, -0.05) is 6.07 Å². The van der Waals surface area contributed by atoms with Crippen molar-refractivity contribution in [3.05, 3.63) is 46.3 Å². The number of anilines is 1. The van der Waals surface area contributed by atoms with Gasteiger partial charge in [0.05, 0.1) is 0 Å². The summed E-state index contributed by atoms with van der Waals surface area (Å²) in [7, 11) is -3.52. The first-order chi connectivity index (χ1) is 8.90. The van der Waals surface area contributed by atoms with Crippen molar-refractivity contribution < 1.29 is 8.42 Å². The second-order valence-electron chi connectivity index (χ2n) is 4.46. The van der Waals surface area contributed by atoms with Gasteiger partial charge in [-0.3, -0.25) is 4.72 Å². The number of nitrogens with one attached hydrogen (secondary N) is 1. The minimum absolute atomic E-state index is 0.284. The van der Waals surface area contributed by atoms with Crippen molar-refractivity contribution in [2.75, 3.05) is 4.72 Å². The summed E-state index contributed by atoms with van der Waals surface area (Å²) in [6, 6.07) is 7.22. The summed E-state index contributed by atoms with van der Waals surface area (Å²) in [6.07, 6.45) is 0. The van der Waals surface area contributed by atoms with Crippen LogP contribution >= 0.6 is 11.3 Å². The first kappa shape index (κ1) is 14.0. The standard InChI is InChI=1S/C13H16N2O2S2/c1-9-3-10(2)5-12(4-9)15-19(16,17)13-6-11(7-14)8-18-13/h3-6,8,15H,7,14H2,1-2H3. The normalized spacial score (nSPS) is 11.5. The number of rotatable bonds is 4. The average Bonchev–Trinajstić information content (AvgIpc) is 2.75. The number of thiophene rings is 1. The molecule has 0 aliphatic carbocycles. The summed E-state index contributed by atoms with van der Waals surface area (Å²) in [5, 5.41) is 1.76. The van der Waals surface area contributed by atoms with Gasteiger partial charge < -0.3 is 5.73 Å². The highest BCUT2D eigenvalue weighted by Gasteiger charge is 2.16. The number of benzene rings is 1. The summed E-state index contributed by atoms with van der Waals surface area (Å²) in [5.41, 5.74) is 8.94. The molecule has 0 spiro atoms. The van der Waals surface area contributed by atoms with Gasteiger partial charge in [-0.25, -0.2) is 8.42 Å². The van der Waals surface area contributed by atoms with Crippen LogP contribution in [-0.4, -0.2) is 8.42 Å². The highest BCUT2D eigenvalue weighted by molar-refractivity contribution is 7.94. The maximum Gasteiger partial charge on any atom is 0.271 e. The molecule has 1 heterocycles. The van der Waals surface area contributed by atoms with E-state index in [-0.39, 0.29) is 4.21 Å². The molecule has 0 fully saturated rings. The molecule has 6 heteroatoms. The van der Waals surface area contributed by atoms with Gasteiger partial charge in [-0.2, -0.15) is 0 Å². The van der Waals surface area contributed by atoms with Crippen LogP contribution < -0.4 is 10.5 Å². The van der Waals surface area contributed by atoms with Gasteiger partial charge in [0.2, 0.25) is 0 Å². The lowest BCUT2D eigenvalue weighted by Gasteiger charge is -2.08. The Bertz CT molecular complexity index is 670. The van der Waals surface area contributed by atoms with Crippen molar-refractivity contribution in [3.63, 3.8) is 0 Å². The van der Waals surface area contributed by atoms with Crippen LogP contribution in [0.5, 0.6) is 0 Å². The average molecular weight is 296 g/mol. The van der Waals surface area contributed by atoms with E-state index >= 15 is 0 Å². The lowest BCUT2D eigenvalue weighted by molar-refractivity contribution is 0.603. The zero-order chi connectivity index (χ0) is 14.0. The van der Waals surface area contributed by atoms with Crippen LogP contribution in [0.2, 0.25) is 0 Å². The largest absolute Gasteiger partial charge is 0.326 e. The minimum atomic E-state index is -3.52. The lowest BCUT2D eigenvalue weighted by atomic mass is 10.1. The summed E-state index contributed by atoms with van der Waals surface area (Å²) in [4.78, 5) is 0. The van der Waals surface area contributed by atoms with Crippen LogP contribution in [-0.2, 0) is 16.6 Å². The Morgan fingerprint density at radius 2 is 1.79 bits per heavy atom. The van der Waals surface area contributed by atoms with E-state index in [0.29, 0.717) is 12.2 Å². The van der Waals surface area contributed by atoms with Crippen molar-refractivity contribution >= 4 is 27.0 Å². The third-order valence-corrected chi connectivity index (χ3v) is 5.47. The molecule has 1 aromatic carbocycles. The molecule has 0 amide bonds. The molecule has 2 aromatic rings. The van der Waals surface area contributed by atoms with Gasteiger partial charge in [0.25, 0.3) is 10.0 Å². The molecule has 0 radical (unpaired) electrons. The van der Waals surface area contributed by atoms with Gasteiger partial charge in [0.1, 0.15) is 4.21 Å². The molecule has 0 saturated carbocycles. The zero-order valence-electron chi connectivity index (χ0n) is 10.8. The Kier molecular flexibility index (Phi) is 3.93. The fourth-order valence-electron chi connectivity index (χ4n) is 1.84. The Labute approximate surface area is 117 Å². The molecule has 0 aliphatic rings. The molecule has 102 valence electrons. The Hall–Kier alpha value is -1.37. The first-order valence-electron chi connectivity index (χ1n) is 5.79. The number of hydrogen-bond acceptors (Lipinski definition) is 4. The smallest absolute Gasteiger partial charge is 0.271 e. The Morgan fingerprint density at radius 1 is 1.16 bits per heavy atom. The molecule has 0 saturated heterocycles. The Balaban J connectivity index is 2.30. The number of sulfonamides is 1. The van der Waals surface area contributed by atoms with Crippen LogP contribution in [0.4, 0.5) is 5.69 Å². The van der Waals surface area contributed by atoms with E-state index in [2.05, 4.69) is 4.72 Å². The zero-order valence-corrected chi connectivity index (χ0v) is 12.4. The maximum absolute atomic E-state index is 12.2. The molecule has 3 N–H and O–H groups in total. The number of hydrogen-bond donors (Lipinski definition) is 2. The molecule has 0 aliphatic heterocycles. The van der Waals surface area contributed by atoms with Gasteiger partial charge in [0, 0.05) is 12.2 Å². The molecular weight excluding hydrogens is 280 g/mol. The van der Waals surface area contributed by atoms with Crippen LogP contribution in [0, 0.1) is 13.8 Å². The van der Waals surface area contributed by atoms with Crippen LogP contribution in [0.1, 0.15) is 16.7 Å². The summed E-state index contributed by atoms with van der Waals surface area (Å²) in [5.74, 6) is 0. The third-order valence-electron chi connectivity index (χ3n) is 2.60. The molecule has 4 nitrogen and oxygen atoms in total. The van der Waals surface area contributed by atoms with Crippen LogP contribution in [0.15, 0.2) is 33.9 Å².